The summed E-state index contributed by atoms with van der Waals surface area (Å²) in [7, 11) is 1.51. The number of alkyl halides is 4. The van der Waals surface area contributed by atoms with Crippen molar-refractivity contribution in [1.82, 2.24) is 15.0 Å². The fourth-order valence-electron chi connectivity index (χ4n) is 2.12. The van der Waals surface area contributed by atoms with Gasteiger partial charge in [0.25, 0.3) is 5.91 Å². The first-order valence-electron chi connectivity index (χ1n) is 6.70. The van der Waals surface area contributed by atoms with Crippen molar-refractivity contribution in [3.8, 4) is 11.4 Å². The largest absolute Gasteiger partial charge is 0.471 e. The summed E-state index contributed by atoms with van der Waals surface area (Å²) in [5.41, 5.74) is 0.577. The molecule has 5 nitrogen and oxygen atoms in total. The van der Waals surface area contributed by atoms with Gasteiger partial charge in [-0.2, -0.15) is 18.2 Å². The number of hydrogen-bond donors (Lipinski definition) is 0. The van der Waals surface area contributed by atoms with Crippen LogP contribution in [0.4, 0.5) is 17.6 Å². The summed E-state index contributed by atoms with van der Waals surface area (Å²) in [5.74, 6) is -2.02. The van der Waals surface area contributed by atoms with E-state index in [9.17, 15) is 22.4 Å². The second-order valence-electron chi connectivity index (χ2n) is 5.23. The van der Waals surface area contributed by atoms with Crippen LogP contribution >= 0.6 is 0 Å². The molecule has 0 aliphatic heterocycles. The van der Waals surface area contributed by atoms with Gasteiger partial charge in [-0.1, -0.05) is 17.3 Å². The van der Waals surface area contributed by atoms with Crippen molar-refractivity contribution in [3.05, 3.63) is 35.7 Å². The number of amides is 1. The van der Waals surface area contributed by atoms with E-state index in [1.54, 1.807) is 0 Å². The molecule has 2 atom stereocenters. The van der Waals surface area contributed by atoms with Crippen LogP contribution in [0.5, 0.6) is 0 Å². The first-order valence-corrected chi connectivity index (χ1v) is 6.70. The minimum atomic E-state index is -4.71. The lowest BCUT2D eigenvalue weighted by atomic mass is 10.1. The number of carbonyl (C=O) groups excluding carboxylic acids is 1. The second kappa shape index (κ2) is 5.32. The number of aromatic nitrogens is 2. The van der Waals surface area contributed by atoms with E-state index in [-0.39, 0.29) is 17.3 Å². The molecule has 1 heterocycles. The van der Waals surface area contributed by atoms with E-state index in [1.165, 1.54) is 36.2 Å². The minimum Gasteiger partial charge on any atom is -0.336 e. The van der Waals surface area contributed by atoms with E-state index in [0.29, 0.717) is 12.0 Å². The van der Waals surface area contributed by atoms with Gasteiger partial charge in [-0.05, 0) is 12.1 Å². The topological polar surface area (TPSA) is 59.2 Å². The van der Waals surface area contributed by atoms with Crippen LogP contribution in [0.3, 0.4) is 0 Å². The van der Waals surface area contributed by atoms with Crippen molar-refractivity contribution in [1.29, 1.82) is 0 Å². The summed E-state index contributed by atoms with van der Waals surface area (Å²) in [5, 5.41) is 3.26. The third kappa shape index (κ3) is 3.03. The molecule has 0 spiro atoms. The van der Waals surface area contributed by atoms with Gasteiger partial charge in [0.2, 0.25) is 5.82 Å². The van der Waals surface area contributed by atoms with Gasteiger partial charge in [0.1, 0.15) is 6.17 Å². The van der Waals surface area contributed by atoms with Gasteiger partial charge in [-0.15, -0.1) is 0 Å². The molecule has 1 aromatic carbocycles. The van der Waals surface area contributed by atoms with Crippen LogP contribution in [0.15, 0.2) is 28.8 Å². The Labute approximate surface area is 127 Å². The average molecular weight is 329 g/mol. The molecule has 0 radical (unpaired) electrons. The monoisotopic (exact) mass is 329 g/mol. The molecule has 9 heteroatoms. The fraction of sp³-hybridized carbons (Fsp3) is 0.357. The number of hydrogen-bond acceptors (Lipinski definition) is 4. The van der Waals surface area contributed by atoms with Gasteiger partial charge in [-0.25, -0.2) is 4.39 Å². The zero-order valence-electron chi connectivity index (χ0n) is 11.8. The van der Waals surface area contributed by atoms with Crippen LogP contribution in [-0.2, 0) is 6.18 Å². The van der Waals surface area contributed by atoms with E-state index in [0.717, 1.165) is 0 Å². The van der Waals surface area contributed by atoms with Crippen LogP contribution in [0.1, 0.15) is 22.7 Å². The molecule has 1 saturated carbocycles. The number of benzene rings is 1. The minimum absolute atomic E-state index is 0.226. The molecule has 0 N–H and O–H groups in total. The van der Waals surface area contributed by atoms with Crippen molar-refractivity contribution < 1.29 is 26.9 Å². The highest BCUT2D eigenvalue weighted by Gasteiger charge is 2.43. The van der Waals surface area contributed by atoms with Gasteiger partial charge in [-0.3, -0.25) is 4.79 Å². The van der Waals surface area contributed by atoms with E-state index in [2.05, 4.69) is 14.7 Å². The van der Waals surface area contributed by atoms with E-state index in [1.807, 2.05) is 0 Å². The van der Waals surface area contributed by atoms with E-state index < -0.39 is 24.3 Å². The quantitative estimate of drug-likeness (QED) is 0.813. The van der Waals surface area contributed by atoms with Crippen molar-refractivity contribution in [2.24, 2.45) is 0 Å². The number of carbonyl (C=O) groups is 1. The summed E-state index contributed by atoms with van der Waals surface area (Å²) in [6.45, 7) is 0. The Morgan fingerprint density at radius 3 is 2.39 bits per heavy atom. The molecular formula is C14H11F4N3O2. The molecule has 0 bridgehead atoms. The summed E-state index contributed by atoms with van der Waals surface area (Å²) >= 11 is 0. The van der Waals surface area contributed by atoms with Crippen molar-refractivity contribution >= 4 is 5.91 Å². The Hall–Kier alpha value is -2.45. The first-order chi connectivity index (χ1) is 10.8. The van der Waals surface area contributed by atoms with E-state index >= 15 is 0 Å². The van der Waals surface area contributed by atoms with Crippen LogP contribution in [0.2, 0.25) is 0 Å². The van der Waals surface area contributed by atoms with Gasteiger partial charge in [0.05, 0.1) is 6.04 Å². The van der Waals surface area contributed by atoms with Gasteiger partial charge >= 0.3 is 12.1 Å². The molecule has 1 aliphatic carbocycles. The van der Waals surface area contributed by atoms with Crippen LogP contribution in [0.25, 0.3) is 11.4 Å². The Balaban J connectivity index is 1.77. The van der Waals surface area contributed by atoms with Crippen molar-refractivity contribution in [2.45, 2.75) is 24.8 Å². The Kier molecular flexibility index (Phi) is 3.57. The van der Waals surface area contributed by atoms with Crippen molar-refractivity contribution in [3.63, 3.8) is 0 Å². The van der Waals surface area contributed by atoms with Crippen LogP contribution in [-0.4, -0.2) is 40.2 Å². The molecule has 1 amide bonds. The lowest BCUT2D eigenvalue weighted by Crippen LogP contribution is -2.30. The highest BCUT2D eigenvalue weighted by atomic mass is 19.4. The molecular weight excluding hydrogens is 318 g/mol. The lowest BCUT2D eigenvalue weighted by Gasteiger charge is -2.16. The summed E-state index contributed by atoms with van der Waals surface area (Å²) in [6, 6.07) is 5.26. The molecule has 122 valence electrons. The maximum atomic E-state index is 13.0. The number of nitrogens with zero attached hydrogens (tertiary/aromatic N) is 3. The third-order valence-electron chi connectivity index (χ3n) is 3.56. The molecule has 1 aromatic heterocycles. The highest BCUT2D eigenvalue weighted by molar-refractivity contribution is 5.94. The Morgan fingerprint density at radius 2 is 1.91 bits per heavy atom. The number of halogens is 4. The summed E-state index contributed by atoms with van der Waals surface area (Å²) in [6.07, 6.45) is -5.39. The maximum absolute atomic E-state index is 13.0. The molecule has 3 rings (SSSR count). The van der Waals surface area contributed by atoms with Gasteiger partial charge < -0.3 is 9.42 Å². The highest BCUT2D eigenvalue weighted by Crippen LogP contribution is 2.32. The standard InChI is InChI=1S/C14H11F4N3O2/c1-21(10-6-9(10)15)12(22)8-4-2-7(3-5-8)11-19-13(23-20-11)14(16,17)18/h2-5,9-10H,6H2,1H3. The smallest absolute Gasteiger partial charge is 0.336 e. The summed E-state index contributed by atoms with van der Waals surface area (Å²) < 4.78 is 54.4. The third-order valence-corrected chi connectivity index (χ3v) is 3.56. The van der Waals surface area contributed by atoms with Gasteiger partial charge in [0.15, 0.2) is 0 Å². The fourth-order valence-corrected chi connectivity index (χ4v) is 2.12. The van der Waals surface area contributed by atoms with Gasteiger partial charge in [0, 0.05) is 24.6 Å². The SMILES string of the molecule is CN(C(=O)c1ccc(-c2noc(C(F)(F)F)n2)cc1)C1CC1F. The lowest BCUT2D eigenvalue weighted by molar-refractivity contribution is -0.159. The molecule has 23 heavy (non-hydrogen) atoms. The Morgan fingerprint density at radius 1 is 1.30 bits per heavy atom. The normalized spacial score (nSPS) is 20.4. The first kappa shape index (κ1) is 15.4. The second-order valence-corrected chi connectivity index (χ2v) is 5.23. The molecule has 2 unspecified atom stereocenters. The van der Waals surface area contributed by atoms with Crippen molar-refractivity contribution in [2.75, 3.05) is 7.05 Å². The zero-order valence-corrected chi connectivity index (χ0v) is 11.8. The number of rotatable bonds is 3. The van der Waals surface area contributed by atoms with E-state index in [4.69, 9.17) is 0 Å². The Bertz CT molecular complexity index is 726. The van der Waals surface area contributed by atoms with Crippen LogP contribution in [0, 0.1) is 0 Å². The van der Waals surface area contributed by atoms with Crippen LogP contribution < -0.4 is 0 Å². The average Bonchev–Trinajstić information content (AvgIpc) is 3.03. The predicted molar refractivity (Wildman–Crippen MR) is 70.1 cm³/mol. The maximum Gasteiger partial charge on any atom is 0.471 e. The molecule has 2 aromatic rings. The molecule has 1 aliphatic rings. The molecule has 0 saturated heterocycles. The summed E-state index contributed by atoms with van der Waals surface area (Å²) in [4.78, 5) is 16.7. The predicted octanol–water partition coefficient (Wildman–Crippen LogP) is 2.94. The zero-order chi connectivity index (χ0) is 16.8. The molecule has 1 fully saturated rings.